The van der Waals surface area contributed by atoms with E-state index in [0.717, 1.165) is 0 Å². The van der Waals surface area contributed by atoms with Crippen LogP contribution in [0.1, 0.15) is 15.9 Å². The van der Waals surface area contributed by atoms with Crippen LogP contribution in [0.3, 0.4) is 0 Å². The molecule has 0 aromatic heterocycles. The molecular weight excluding hydrogens is 266 g/mol. The van der Waals surface area contributed by atoms with E-state index in [1.807, 2.05) is 18.8 Å². The molecule has 0 saturated carbocycles. The molecule has 6 heteroatoms. The van der Waals surface area contributed by atoms with Gasteiger partial charge in [-0.1, -0.05) is 5.92 Å². The lowest BCUT2D eigenvalue weighted by atomic mass is 10.1. The van der Waals surface area contributed by atoms with Crippen molar-refractivity contribution in [3.63, 3.8) is 0 Å². The van der Waals surface area contributed by atoms with Crippen molar-refractivity contribution in [2.24, 2.45) is 0 Å². The number of ether oxygens (including phenoxy) is 1. The van der Waals surface area contributed by atoms with Crippen molar-refractivity contribution in [1.29, 1.82) is 0 Å². The van der Waals surface area contributed by atoms with Crippen LogP contribution in [0.4, 0.5) is 5.69 Å². The number of non-ortho nitro benzene ring substituents is 1. The molecule has 0 atom stereocenters. The van der Waals surface area contributed by atoms with Crippen LogP contribution in [0, 0.1) is 21.3 Å². The van der Waals surface area contributed by atoms with Gasteiger partial charge in [0.25, 0.3) is 5.69 Å². The zero-order valence-electron chi connectivity index (χ0n) is 11.2. The summed E-state index contributed by atoms with van der Waals surface area (Å²) in [6, 6.07) is 3.99. The lowest BCUT2D eigenvalue weighted by Crippen LogP contribution is -2.05. The number of nitrogens with zero attached hydrogens (tertiary/aromatic N) is 1. The molecule has 19 heavy (non-hydrogen) atoms. The van der Waals surface area contributed by atoms with Gasteiger partial charge >= 0.3 is 5.97 Å². The molecule has 1 aromatic carbocycles. The maximum absolute atomic E-state index is 11.6. The fraction of sp³-hybridized carbons (Fsp3) is 0.308. The lowest BCUT2D eigenvalue weighted by molar-refractivity contribution is -0.384. The average Bonchev–Trinajstić information content (AvgIpc) is 2.34. The number of nitro benzene ring substituents is 1. The van der Waals surface area contributed by atoms with E-state index in [-0.39, 0.29) is 11.3 Å². The summed E-state index contributed by atoms with van der Waals surface area (Å²) in [4.78, 5) is 21.8. The molecular formula is C13H15NO4S. The Kier molecular flexibility index (Phi) is 4.57. The molecule has 0 unspecified atom stereocenters. The van der Waals surface area contributed by atoms with Crippen LogP contribution < -0.4 is 0 Å². The van der Waals surface area contributed by atoms with Crippen LogP contribution in [-0.2, 0) is 4.74 Å². The first-order chi connectivity index (χ1) is 8.74. The number of esters is 1. The number of carbonyl (C=O) groups excluding carboxylic acids is 1. The summed E-state index contributed by atoms with van der Waals surface area (Å²) in [5.74, 6) is 2.27. The van der Waals surface area contributed by atoms with E-state index in [4.69, 9.17) is 0 Å². The van der Waals surface area contributed by atoms with Crippen LogP contribution in [0.5, 0.6) is 0 Å². The van der Waals surface area contributed by atoms with E-state index in [2.05, 4.69) is 15.9 Å². The molecule has 0 amide bonds. The highest BCUT2D eigenvalue weighted by molar-refractivity contribution is 8.35. The molecule has 0 bridgehead atoms. The number of nitro groups is 1. The Morgan fingerprint density at radius 1 is 1.37 bits per heavy atom. The van der Waals surface area contributed by atoms with Gasteiger partial charge in [-0.15, -0.1) is 0 Å². The molecule has 0 aliphatic rings. The Labute approximate surface area is 113 Å². The van der Waals surface area contributed by atoms with Crippen LogP contribution in [0.2, 0.25) is 0 Å². The molecule has 5 nitrogen and oxygen atoms in total. The van der Waals surface area contributed by atoms with Crippen molar-refractivity contribution in [1.82, 2.24) is 0 Å². The fourth-order valence-corrected chi connectivity index (χ4v) is 1.66. The van der Waals surface area contributed by atoms with Crippen molar-refractivity contribution in [3.05, 3.63) is 39.4 Å². The van der Waals surface area contributed by atoms with Crippen molar-refractivity contribution in [2.45, 2.75) is 0 Å². The van der Waals surface area contributed by atoms with Gasteiger partial charge in [0.2, 0.25) is 0 Å². The van der Waals surface area contributed by atoms with E-state index in [1.54, 1.807) is 0 Å². The number of hydrogen-bond acceptors (Lipinski definition) is 4. The van der Waals surface area contributed by atoms with Gasteiger partial charge in [-0.2, -0.15) is 10.0 Å². The third-order valence-electron chi connectivity index (χ3n) is 2.11. The van der Waals surface area contributed by atoms with Crippen molar-refractivity contribution in [3.8, 4) is 11.2 Å². The number of methoxy groups -OCH3 is 1. The molecule has 0 saturated heterocycles. The summed E-state index contributed by atoms with van der Waals surface area (Å²) >= 11 is 0. The van der Waals surface area contributed by atoms with E-state index >= 15 is 0 Å². The Balaban J connectivity index is 3.34. The number of benzene rings is 1. The van der Waals surface area contributed by atoms with Gasteiger partial charge in [0.15, 0.2) is 0 Å². The number of hydrogen-bond donors (Lipinski definition) is 0. The zero-order valence-corrected chi connectivity index (χ0v) is 12.0. The molecule has 0 fully saturated rings. The van der Waals surface area contributed by atoms with Gasteiger partial charge in [-0.25, -0.2) is 4.79 Å². The molecule has 0 radical (unpaired) electrons. The molecule has 0 heterocycles. The van der Waals surface area contributed by atoms with Gasteiger partial charge in [0.1, 0.15) is 0 Å². The molecule has 1 aromatic rings. The molecule has 0 aliphatic carbocycles. The van der Waals surface area contributed by atoms with Gasteiger partial charge in [0.05, 0.1) is 17.6 Å². The minimum absolute atomic E-state index is 0.118. The molecule has 0 aliphatic heterocycles. The smallest absolute Gasteiger partial charge is 0.339 e. The predicted octanol–water partition coefficient (Wildman–Crippen LogP) is 2.38. The summed E-state index contributed by atoms with van der Waals surface area (Å²) < 4.78 is 4.62. The molecule has 0 N–H and O–H groups in total. The minimum atomic E-state index is -1.05. The van der Waals surface area contributed by atoms with E-state index in [9.17, 15) is 14.9 Å². The Bertz CT molecular complexity index is 579. The van der Waals surface area contributed by atoms with E-state index in [0.29, 0.717) is 5.56 Å². The van der Waals surface area contributed by atoms with Crippen LogP contribution in [0.15, 0.2) is 18.2 Å². The van der Waals surface area contributed by atoms with Crippen LogP contribution in [-0.4, -0.2) is 36.8 Å². The summed E-state index contributed by atoms with van der Waals surface area (Å²) in [7, 11) is 0.184. The minimum Gasteiger partial charge on any atom is -0.465 e. The third-order valence-corrected chi connectivity index (χ3v) is 2.83. The zero-order chi connectivity index (χ0) is 14.6. The highest BCUT2D eigenvalue weighted by Crippen LogP contribution is 2.32. The Morgan fingerprint density at radius 3 is 2.47 bits per heavy atom. The number of carbonyl (C=O) groups is 1. The van der Waals surface area contributed by atoms with E-state index in [1.165, 1.54) is 25.3 Å². The SMILES string of the molecule is COC(=O)c1cc([N+](=O)[O-])ccc1C#CS(C)(C)C. The maximum Gasteiger partial charge on any atom is 0.339 e. The maximum atomic E-state index is 11.6. The monoisotopic (exact) mass is 281 g/mol. The normalized spacial score (nSPS) is 11.2. The van der Waals surface area contributed by atoms with Crippen molar-refractivity contribution < 1.29 is 14.5 Å². The van der Waals surface area contributed by atoms with Gasteiger partial charge in [-0.05, 0) is 30.1 Å². The van der Waals surface area contributed by atoms with Crippen molar-refractivity contribution in [2.75, 3.05) is 25.9 Å². The second kappa shape index (κ2) is 5.76. The first kappa shape index (κ1) is 15.1. The second-order valence-corrected chi connectivity index (χ2v) is 8.42. The largest absolute Gasteiger partial charge is 0.465 e. The first-order valence-corrected chi connectivity index (χ1v) is 8.18. The van der Waals surface area contributed by atoms with Gasteiger partial charge < -0.3 is 4.74 Å². The fourth-order valence-electron chi connectivity index (χ4n) is 1.24. The van der Waals surface area contributed by atoms with E-state index < -0.39 is 20.9 Å². The summed E-state index contributed by atoms with van der Waals surface area (Å²) in [5.41, 5.74) is 0.404. The highest BCUT2D eigenvalue weighted by atomic mass is 32.3. The first-order valence-electron chi connectivity index (χ1n) is 5.32. The van der Waals surface area contributed by atoms with Gasteiger partial charge in [0, 0.05) is 17.7 Å². The molecule has 1 rings (SSSR count). The van der Waals surface area contributed by atoms with Gasteiger partial charge in [-0.3, -0.25) is 10.1 Å². The molecule has 0 spiro atoms. The summed E-state index contributed by atoms with van der Waals surface area (Å²) in [6.45, 7) is 0. The van der Waals surface area contributed by atoms with Crippen molar-refractivity contribution >= 4 is 21.7 Å². The molecule has 102 valence electrons. The summed E-state index contributed by atoms with van der Waals surface area (Å²) in [5, 5.41) is 13.8. The highest BCUT2D eigenvalue weighted by Gasteiger charge is 2.16. The Hall–Kier alpha value is -2.00. The third kappa shape index (κ3) is 4.30. The average molecular weight is 281 g/mol. The Morgan fingerprint density at radius 2 is 2.00 bits per heavy atom. The predicted molar refractivity (Wildman–Crippen MR) is 76.7 cm³/mol. The van der Waals surface area contributed by atoms with Crippen LogP contribution in [0.25, 0.3) is 0 Å². The topological polar surface area (TPSA) is 69.4 Å². The van der Waals surface area contributed by atoms with Crippen LogP contribution >= 0.6 is 10.0 Å². The standard InChI is InChI=1S/C13H15NO4S/c1-18-13(15)12-9-11(14(16)17)6-5-10(12)7-8-19(2,3)4/h5-6,9H,1-4H3. The second-order valence-electron chi connectivity index (χ2n) is 4.54. The lowest BCUT2D eigenvalue weighted by Gasteiger charge is -2.15. The number of rotatable bonds is 2. The summed E-state index contributed by atoms with van der Waals surface area (Å²) in [6.07, 6.45) is 6.05. The quantitative estimate of drug-likeness (QED) is 0.361.